The van der Waals surface area contributed by atoms with E-state index in [9.17, 15) is 13.6 Å². The first-order valence-corrected chi connectivity index (χ1v) is 5.70. The van der Waals surface area contributed by atoms with Gasteiger partial charge in [0.05, 0.1) is 5.69 Å². The molecule has 0 aliphatic carbocycles. The molecule has 0 aliphatic heterocycles. The van der Waals surface area contributed by atoms with Crippen LogP contribution in [0.25, 0.3) is 0 Å². The molecule has 0 fully saturated rings. The molecule has 1 unspecified atom stereocenters. The lowest BCUT2D eigenvalue weighted by molar-refractivity contribution is 0.237. The maximum Gasteiger partial charge on any atom is 0.319 e. The van der Waals surface area contributed by atoms with E-state index < -0.39 is 17.7 Å². The molecule has 0 saturated heterocycles. The Balaban J connectivity index is 2.61. The van der Waals surface area contributed by atoms with Crippen LogP contribution >= 0.6 is 0 Å². The van der Waals surface area contributed by atoms with Gasteiger partial charge >= 0.3 is 6.03 Å². The van der Waals surface area contributed by atoms with E-state index in [1.165, 1.54) is 12.1 Å². The fraction of sp³-hybridized carbons (Fsp3) is 0.417. The van der Waals surface area contributed by atoms with E-state index >= 15 is 0 Å². The van der Waals surface area contributed by atoms with E-state index in [0.29, 0.717) is 12.8 Å². The number of aliphatic hydroxyl groups is 1. The van der Waals surface area contributed by atoms with E-state index in [1.54, 1.807) is 0 Å². The molecule has 1 aromatic carbocycles. The van der Waals surface area contributed by atoms with Crippen LogP contribution in [0.5, 0.6) is 0 Å². The highest BCUT2D eigenvalue weighted by atomic mass is 19.2. The molecule has 2 amide bonds. The van der Waals surface area contributed by atoms with Crippen LogP contribution < -0.4 is 10.6 Å². The van der Waals surface area contributed by atoms with Gasteiger partial charge < -0.3 is 15.7 Å². The molecule has 4 nitrogen and oxygen atoms in total. The first-order chi connectivity index (χ1) is 8.58. The lowest BCUT2D eigenvalue weighted by Gasteiger charge is -2.16. The molecule has 0 radical (unpaired) electrons. The van der Waals surface area contributed by atoms with Gasteiger partial charge in [0.2, 0.25) is 0 Å². The van der Waals surface area contributed by atoms with Gasteiger partial charge in [-0.25, -0.2) is 13.6 Å². The van der Waals surface area contributed by atoms with Crippen molar-refractivity contribution in [3.63, 3.8) is 0 Å². The first kappa shape index (κ1) is 14.4. The second-order valence-corrected chi connectivity index (χ2v) is 3.82. The number of hydrogen-bond donors (Lipinski definition) is 3. The highest BCUT2D eigenvalue weighted by Gasteiger charge is 2.13. The van der Waals surface area contributed by atoms with Crippen molar-refractivity contribution in [1.82, 2.24) is 5.32 Å². The minimum Gasteiger partial charge on any atom is -0.396 e. The number of urea groups is 1. The van der Waals surface area contributed by atoms with Gasteiger partial charge in [0.25, 0.3) is 0 Å². The molecule has 0 bridgehead atoms. The summed E-state index contributed by atoms with van der Waals surface area (Å²) in [6.45, 7) is 1.80. The molecule has 0 saturated carbocycles. The summed E-state index contributed by atoms with van der Waals surface area (Å²) in [4.78, 5) is 11.5. The molecule has 18 heavy (non-hydrogen) atoms. The average Bonchev–Trinajstić information content (AvgIpc) is 2.34. The largest absolute Gasteiger partial charge is 0.396 e. The number of rotatable bonds is 5. The zero-order valence-electron chi connectivity index (χ0n) is 10.0. The van der Waals surface area contributed by atoms with Crippen LogP contribution in [0, 0.1) is 11.6 Å². The lowest BCUT2D eigenvalue weighted by atomic mass is 10.2. The van der Waals surface area contributed by atoms with Crippen LogP contribution in [0.3, 0.4) is 0 Å². The highest BCUT2D eigenvalue weighted by molar-refractivity contribution is 5.89. The standard InChI is InChI=1S/C12H16F2N2O2/c1-2-8(6-7-17)15-12(18)16-10-5-3-4-9(13)11(10)14/h3-5,8,17H,2,6-7H2,1H3,(H2,15,16,18). The number of hydrogen-bond acceptors (Lipinski definition) is 2. The minimum atomic E-state index is -1.09. The smallest absolute Gasteiger partial charge is 0.319 e. The van der Waals surface area contributed by atoms with E-state index in [2.05, 4.69) is 10.6 Å². The van der Waals surface area contributed by atoms with Crippen molar-refractivity contribution >= 4 is 11.7 Å². The van der Waals surface area contributed by atoms with Gasteiger partial charge in [-0.3, -0.25) is 0 Å². The molecule has 6 heteroatoms. The summed E-state index contributed by atoms with van der Waals surface area (Å²) in [5.41, 5.74) is -0.216. The summed E-state index contributed by atoms with van der Waals surface area (Å²) in [6.07, 6.45) is 1.05. The van der Waals surface area contributed by atoms with Crippen molar-refractivity contribution in [3.05, 3.63) is 29.8 Å². The second-order valence-electron chi connectivity index (χ2n) is 3.82. The van der Waals surface area contributed by atoms with Crippen molar-refractivity contribution in [3.8, 4) is 0 Å². The number of nitrogens with one attached hydrogen (secondary N) is 2. The molecule has 1 rings (SSSR count). The van der Waals surface area contributed by atoms with Crippen molar-refractivity contribution in [2.45, 2.75) is 25.8 Å². The number of aliphatic hydroxyl groups excluding tert-OH is 1. The van der Waals surface area contributed by atoms with Gasteiger partial charge in [-0.05, 0) is 25.0 Å². The highest BCUT2D eigenvalue weighted by Crippen LogP contribution is 2.16. The van der Waals surface area contributed by atoms with E-state index in [0.717, 1.165) is 6.07 Å². The fourth-order valence-corrected chi connectivity index (χ4v) is 1.48. The molecular formula is C12H16F2N2O2. The Morgan fingerprint density at radius 1 is 1.44 bits per heavy atom. The maximum absolute atomic E-state index is 13.3. The number of benzene rings is 1. The van der Waals surface area contributed by atoms with Crippen LogP contribution in [0.4, 0.5) is 19.3 Å². The zero-order valence-corrected chi connectivity index (χ0v) is 10.0. The van der Waals surface area contributed by atoms with Crippen molar-refractivity contribution in [2.75, 3.05) is 11.9 Å². The van der Waals surface area contributed by atoms with E-state index in [4.69, 9.17) is 5.11 Å². The third-order valence-corrected chi connectivity index (χ3v) is 2.51. The van der Waals surface area contributed by atoms with Gasteiger partial charge in [0.15, 0.2) is 11.6 Å². The zero-order chi connectivity index (χ0) is 13.5. The summed E-state index contributed by atoms with van der Waals surface area (Å²) < 4.78 is 26.2. The number of carbonyl (C=O) groups is 1. The molecule has 0 aliphatic rings. The topological polar surface area (TPSA) is 61.4 Å². The number of amides is 2. The predicted molar refractivity (Wildman–Crippen MR) is 64.3 cm³/mol. The Morgan fingerprint density at radius 2 is 2.17 bits per heavy atom. The summed E-state index contributed by atoms with van der Waals surface area (Å²) in [5.74, 6) is -2.11. The number of carbonyl (C=O) groups excluding carboxylic acids is 1. The molecular weight excluding hydrogens is 242 g/mol. The van der Waals surface area contributed by atoms with Gasteiger partial charge in [0.1, 0.15) is 0 Å². The SMILES string of the molecule is CCC(CCO)NC(=O)Nc1cccc(F)c1F. The van der Waals surface area contributed by atoms with Crippen LogP contribution in [0.2, 0.25) is 0 Å². The van der Waals surface area contributed by atoms with Crippen molar-refractivity contribution in [1.29, 1.82) is 0 Å². The molecule has 1 aromatic rings. The molecule has 100 valence electrons. The van der Waals surface area contributed by atoms with Crippen molar-refractivity contribution in [2.24, 2.45) is 0 Å². The molecule has 0 heterocycles. The molecule has 0 spiro atoms. The monoisotopic (exact) mass is 258 g/mol. The molecule has 3 N–H and O–H groups in total. The van der Waals surface area contributed by atoms with Gasteiger partial charge in [-0.1, -0.05) is 13.0 Å². The predicted octanol–water partition coefficient (Wildman–Crippen LogP) is 2.25. The van der Waals surface area contributed by atoms with Crippen LogP contribution in [-0.2, 0) is 0 Å². The number of halogens is 2. The second kappa shape index (κ2) is 6.90. The Morgan fingerprint density at radius 3 is 2.78 bits per heavy atom. The average molecular weight is 258 g/mol. The summed E-state index contributed by atoms with van der Waals surface area (Å²) in [7, 11) is 0. The van der Waals surface area contributed by atoms with Crippen LogP contribution in [0.1, 0.15) is 19.8 Å². The van der Waals surface area contributed by atoms with Gasteiger partial charge in [-0.2, -0.15) is 0 Å². The van der Waals surface area contributed by atoms with Crippen LogP contribution in [-0.4, -0.2) is 23.8 Å². The Labute approximate surface area is 104 Å². The summed E-state index contributed by atoms with van der Waals surface area (Å²) >= 11 is 0. The maximum atomic E-state index is 13.3. The van der Waals surface area contributed by atoms with Gasteiger partial charge in [0, 0.05) is 12.6 Å². The summed E-state index contributed by atoms with van der Waals surface area (Å²) in [5, 5.41) is 13.6. The van der Waals surface area contributed by atoms with E-state index in [1.807, 2.05) is 6.92 Å². The first-order valence-electron chi connectivity index (χ1n) is 5.70. The molecule has 0 aromatic heterocycles. The Hall–Kier alpha value is -1.69. The Kier molecular flexibility index (Phi) is 5.51. The summed E-state index contributed by atoms with van der Waals surface area (Å²) in [6, 6.07) is 2.72. The van der Waals surface area contributed by atoms with E-state index in [-0.39, 0.29) is 18.3 Å². The fourth-order valence-electron chi connectivity index (χ4n) is 1.48. The minimum absolute atomic E-state index is 0.0485. The van der Waals surface area contributed by atoms with Crippen LogP contribution in [0.15, 0.2) is 18.2 Å². The lowest BCUT2D eigenvalue weighted by Crippen LogP contribution is -2.38. The van der Waals surface area contributed by atoms with Gasteiger partial charge in [-0.15, -0.1) is 0 Å². The Bertz CT molecular complexity index is 413. The third kappa shape index (κ3) is 3.96. The van der Waals surface area contributed by atoms with Crippen molar-refractivity contribution < 1.29 is 18.7 Å². The molecule has 1 atom stereocenters. The normalized spacial score (nSPS) is 12.0. The number of anilines is 1. The third-order valence-electron chi connectivity index (χ3n) is 2.51. The quantitative estimate of drug-likeness (QED) is 0.758.